The summed E-state index contributed by atoms with van der Waals surface area (Å²) in [5, 5.41) is 0.862. The molecule has 0 aliphatic rings. The number of benzene rings is 1. The summed E-state index contributed by atoms with van der Waals surface area (Å²) >= 11 is 0. The molecule has 5 heteroatoms. The van der Waals surface area contributed by atoms with Crippen LogP contribution in [0.2, 0.25) is 0 Å². The SMILES string of the molecule is COc1ccc2cc(C(=O)OCc3ccccn3)c(C)nc2c1. The van der Waals surface area contributed by atoms with Gasteiger partial charge >= 0.3 is 5.97 Å². The maximum absolute atomic E-state index is 12.3. The van der Waals surface area contributed by atoms with Crippen molar-refractivity contribution in [3.8, 4) is 5.75 Å². The summed E-state index contributed by atoms with van der Waals surface area (Å²) in [6.07, 6.45) is 1.67. The van der Waals surface area contributed by atoms with Crippen LogP contribution in [-0.4, -0.2) is 23.0 Å². The highest BCUT2D eigenvalue weighted by Gasteiger charge is 2.14. The lowest BCUT2D eigenvalue weighted by Crippen LogP contribution is -2.09. The number of methoxy groups -OCH3 is 1. The fourth-order valence-electron chi connectivity index (χ4n) is 2.28. The molecule has 0 bridgehead atoms. The average Bonchev–Trinajstić information content (AvgIpc) is 2.59. The van der Waals surface area contributed by atoms with Crippen LogP contribution in [0.1, 0.15) is 21.7 Å². The molecule has 3 rings (SSSR count). The van der Waals surface area contributed by atoms with E-state index in [1.165, 1.54) is 0 Å². The van der Waals surface area contributed by atoms with E-state index in [1.54, 1.807) is 26.3 Å². The highest BCUT2D eigenvalue weighted by molar-refractivity contribution is 5.95. The van der Waals surface area contributed by atoms with Crippen LogP contribution in [0.3, 0.4) is 0 Å². The van der Waals surface area contributed by atoms with Crippen LogP contribution in [0.25, 0.3) is 10.9 Å². The molecular formula is C18H16N2O3. The van der Waals surface area contributed by atoms with E-state index in [0.717, 1.165) is 16.7 Å². The topological polar surface area (TPSA) is 61.3 Å². The quantitative estimate of drug-likeness (QED) is 0.692. The first kappa shape index (κ1) is 15.0. The van der Waals surface area contributed by atoms with Gasteiger partial charge in [0.15, 0.2) is 0 Å². The summed E-state index contributed by atoms with van der Waals surface area (Å²) in [5.41, 5.74) is 2.57. The number of nitrogens with zero attached hydrogens (tertiary/aromatic N) is 2. The Hall–Kier alpha value is -2.95. The van der Waals surface area contributed by atoms with Gasteiger partial charge in [0, 0.05) is 17.6 Å². The second kappa shape index (κ2) is 6.44. The number of hydrogen-bond donors (Lipinski definition) is 0. The van der Waals surface area contributed by atoms with E-state index < -0.39 is 5.97 Å². The first-order valence-corrected chi connectivity index (χ1v) is 7.20. The summed E-state index contributed by atoms with van der Waals surface area (Å²) in [4.78, 5) is 20.9. The number of carbonyl (C=O) groups excluding carboxylic acids is 1. The van der Waals surface area contributed by atoms with Crippen molar-refractivity contribution in [3.63, 3.8) is 0 Å². The molecule has 0 saturated carbocycles. The Morgan fingerprint density at radius 2 is 2.04 bits per heavy atom. The van der Waals surface area contributed by atoms with Crippen molar-refractivity contribution in [2.24, 2.45) is 0 Å². The lowest BCUT2D eigenvalue weighted by atomic mass is 10.1. The molecule has 0 saturated heterocycles. The first-order valence-electron chi connectivity index (χ1n) is 7.20. The largest absolute Gasteiger partial charge is 0.497 e. The van der Waals surface area contributed by atoms with E-state index in [1.807, 2.05) is 36.4 Å². The van der Waals surface area contributed by atoms with Crippen LogP contribution in [0.15, 0.2) is 48.7 Å². The van der Waals surface area contributed by atoms with Crippen molar-refractivity contribution in [1.29, 1.82) is 0 Å². The molecule has 2 heterocycles. The van der Waals surface area contributed by atoms with Crippen molar-refractivity contribution in [2.75, 3.05) is 7.11 Å². The van der Waals surface area contributed by atoms with Gasteiger partial charge in [-0.15, -0.1) is 0 Å². The summed E-state index contributed by atoms with van der Waals surface area (Å²) in [7, 11) is 1.61. The lowest BCUT2D eigenvalue weighted by molar-refractivity contribution is 0.0466. The molecule has 0 radical (unpaired) electrons. The zero-order valence-corrected chi connectivity index (χ0v) is 12.9. The van der Waals surface area contributed by atoms with Crippen molar-refractivity contribution < 1.29 is 14.3 Å². The third-order valence-electron chi connectivity index (χ3n) is 3.51. The zero-order valence-electron chi connectivity index (χ0n) is 12.9. The fraction of sp³-hybridized carbons (Fsp3) is 0.167. The van der Waals surface area contributed by atoms with E-state index in [2.05, 4.69) is 9.97 Å². The minimum atomic E-state index is -0.404. The maximum Gasteiger partial charge on any atom is 0.340 e. The minimum absolute atomic E-state index is 0.139. The molecule has 3 aromatic rings. The van der Waals surface area contributed by atoms with Crippen LogP contribution in [0.5, 0.6) is 5.75 Å². The molecule has 0 fully saturated rings. The van der Waals surface area contributed by atoms with Crippen LogP contribution in [-0.2, 0) is 11.3 Å². The summed E-state index contributed by atoms with van der Waals surface area (Å²) < 4.78 is 10.5. The summed E-state index contributed by atoms with van der Waals surface area (Å²) in [6.45, 7) is 1.93. The predicted octanol–water partition coefficient (Wildman–Crippen LogP) is 3.30. The molecule has 2 aromatic heterocycles. The maximum atomic E-state index is 12.3. The van der Waals surface area contributed by atoms with Crippen LogP contribution >= 0.6 is 0 Å². The molecule has 1 aromatic carbocycles. The molecular weight excluding hydrogens is 292 g/mol. The number of esters is 1. The van der Waals surface area contributed by atoms with Gasteiger partial charge in [-0.1, -0.05) is 6.07 Å². The number of aryl methyl sites for hydroxylation is 1. The molecule has 5 nitrogen and oxygen atoms in total. The highest BCUT2D eigenvalue weighted by Crippen LogP contribution is 2.22. The third kappa shape index (κ3) is 3.29. The molecule has 0 spiro atoms. The van der Waals surface area contributed by atoms with Gasteiger partial charge in [0.25, 0.3) is 0 Å². The number of carbonyl (C=O) groups is 1. The predicted molar refractivity (Wildman–Crippen MR) is 86.4 cm³/mol. The lowest BCUT2D eigenvalue weighted by Gasteiger charge is -2.09. The molecule has 23 heavy (non-hydrogen) atoms. The monoisotopic (exact) mass is 308 g/mol. The van der Waals surface area contributed by atoms with Gasteiger partial charge in [-0.05, 0) is 37.3 Å². The number of fused-ring (bicyclic) bond motifs is 1. The van der Waals surface area contributed by atoms with Crippen molar-refractivity contribution in [1.82, 2.24) is 9.97 Å². The number of rotatable bonds is 4. The smallest absolute Gasteiger partial charge is 0.340 e. The van der Waals surface area contributed by atoms with Gasteiger partial charge in [-0.25, -0.2) is 4.79 Å². The van der Waals surface area contributed by atoms with E-state index in [-0.39, 0.29) is 6.61 Å². The normalized spacial score (nSPS) is 10.5. The number of pyridine rings is 2. The molecule has 0 aliphatic carbocycles. The van der Waals surface area contributed by atoms with E-state index in [0.29, 0.717) is 17.0 Å². The van der Waals surface area contributed by atoms with Crippen molar-refractivity contribution >= 4 is 16.9 Å². The second-order valence-electron chi connectivity index (χ2n) is 5.08. The number of ether oxygens (including phenoxy) is 2. The Morgan fingerprint density at radius 1 is 1.17 bits per heavy atom. The Morgan fingerprint density at radius 3 is 2.78 bits per heavy atom. The van der Waals surface area contributed by atoms with E-state index in [4.69, 9.17) is 9.47 Å². The first-order chi connectivity index (χ1) is 11.2. The Bertz CT molecular complexity index is 848. The highest BCUT2D eigenvalue weighted by atomic mass is 16.5. The molecule has 0 aliphatic heterocycles. The Labute approximate surface area is 133 Å². The molecule has 116 valence electrons. The second-order valence-corrected chi connectivity index (χ2v) is 5.08. The van der Waals surface area contributed by atoms with Gasteiger partial charge in [0.2, 0.25) is 0 Å². The molecule has 0 unspecified atom stereocenters. The van der Waals surface area contributed by atoms with Gasteiger partial charge < -0.3 is 9.47 Å². The standard InChI is InChI=1S/C18H16N2O3/c1-12-16(18(21)23-11-14-5-3-4-8-19-14)9-13-6-7-15(22-2)10-17(13)20-12/h3-10H,11H2,1-2H3. The molecule has 0 N–H and O–H groups in total. The zero-order chi connectivity index (χ0) is 16.2. The fourth-order valence-corrected chi connectivity index (χ4v) is 2.28. The van der Waals surface area contributed by atoms with E-state index >= 15 is 0 Å². The van der Waals surface area contributed by atoms with Crippen molar-refractivity contribution in [2.45, 2.75) is 13.5 Å². The average molecular weight is 308 g/mol. The van der Waals surface area contributed by atoms with Crippen LogP contribution in [0, 0.1) is 6.92 Å². The Balaban J connectivity index is 1.84. The van der Waals surface area contributed by atoms with Gasteiger partial charge in [-0.2, -0.15) is 0 Å². The van der Waals surface area contributed by atoms with Crippen molar-refractivity contribution in [3.05, 3.63) is 65.6 Å². The van der Waals surface area contributed by atoms with Gasteiger partial charge in [0.1, 0.15) is 12.4 Å². The number of aromatic nitrogens is 2. The summed E-state index contributed by atoms with van der Waals surface area (Å²) in [6, 6.07) is 12.8. The summed E-state index contributed by atoms with van der Waals surface area (Å²) in [5.74, 6) is 0.327. The minimum Gasteiger partial charge on any atom is -0.497 e. The molecule has 0 atom stereocenters. The van der Waals surface area contributed by atoms with Gasteiger partial charge in [0.05, 0.1) is 29.6 Å². The molecule has 0 amide bonds. The van der Waals surface area contributed by atoms with Crippen LogP contribution < -0.4 is 4.74 Å². The van der Waals surface area contributed by atoms with Crippen LogP contribution in [0.4, 0.5) is 0 Å². The Kier molecular flexibility index (Phi) is 4.19. The third-order valence-corrected chi connectivity index (χ3v) is 3.51. The van der Waals surface area contributed by atoms with Gasteiger partial charge in [-0.3, -0.25) is 9.97 Å². The number of hydrogen-bond acceptors (Lipinski definition) is 5. The van der Waals surface area contributed by atoms with E-state index in [9.17, 15) is 4.79 Å².